The number of hydrogen-bond donors (Lipinski definition) is 1. The van der Waals surface area contributed by atoms with Gasteiger partial charge in [-0.05, 0) is 29.0 Å². The predicted molar refractivity (Wildman–Crippen MR) is 75.2 cm³/mol. The highest BCUT2D eigenvalue weighted by Crippen LogP contribution is 2.29. The van der Waals surface area contributed by atoms with Crippen molar-refractivity contribution in [3.8, 4) is 11.6 Å². The summed E-state index contributed by atoms with van der Waals surface area (Å²) in [6.07, 6.45) is 1.59. The minimum atomic E-state index is -1.03. The predicted octanol–water partition coefficient (Wildman–Crippen LogP) is 3.73. The van der Waals surface area contributed by atoms with E-state index < -0.39 is 5.97 Å². The van der Waals surface area contributed by atoms with E-state index in [1.54, 1.807) is 36.5 Å². The molecule has 0 aliphatic rings. The molecule has 1 aromatic heterocycles. The summed E-state index contributed by atoms with van der Waals surface area (Å²) in [7, 11) is 0. The fraction of sp³-hybridized carbons (Fsp3) is 0. The Balaban J connectivity index is 2.12. The summed E-state index contributed by atoms with van der Waals surface area (Å²) >= 11 is 0. The third-order valence-electron chi connectivity index (χ3n) is 2.93. The van der Waals surface area contributed by atoms with Gasteiger partial charge in [-0.25, -0.2) is 9.78 Å². The lowest BCUT2D eigenvalue weighted by atomic mass is 10.1. The molecule has 1 N–H and O–H groups in total. The molecule has 0 radical (unpaired) electrons. The van der Waals surface area contributed by atoms with Crippen molar-refractivity contribution in [2.45, 2.75) is 0 Å². The smallest absolute Gasteiger partial charge is 0.339 e. The van der Waals surface area contributed by atoms with E-state index in [4.69, 9.17) is 4.74 Å². The first kappa shape index (κ1) is 12.2. The minimum Gasteiger partial charge on any atom is -0.478 e. The van der Waals surface area contributed by atoms with Crippen molar-refractivity contribution in [1.82, 2.24) is 4.98 Å². The zero-order chi connectivity index (χ0) is 13.9. The molecule has 0 amide bonds. The Morgan fingerprint density at radius 1 is 1.00 bits per heavy atom. The first-order chi connectivity index (χ1) is 9.74. The maximum absolute atomic E-state index is 11.4. The molecule has 0 bridgehead atoms. The molecule has 3 rings (SSSR count). The van der Waals surface area contributed by atoms with Crippen molar-refractivity contribution in [2.24, 2.45) is 0 Å². The Bertz CT molecular complexity index is 769. The van der Waals surface area contributed by atoms with Gasteiger partial charge in [-0.15, -0.1) is 0 Å². The summed E-state index contributed by atoms with van der Waals surface area (Å²) in [4.78, 5) is 15.4. The van der Waals surface area contributed by atoms with Crippen molar-refractivity contribution < 1.29 is 14.6 Å². The molecule has 0 aliphatic heterocycles. The van der Waals surface area contributed by atoms with Crippen LogP contribution in [0.1, 0.15) is 10.4 Å². The second-order valence-electron chi connectivity index (χ2n) is 4.27. The van der Waals surface area contributed by atoms with E-state index in [-0.39, 0.29) is 11.3 Å². The summed E-state index contributed by atoms with van der Waals surface area (Å²) in [6.45, 7) is 0. The van der Waals surface area contributed by atoms with Gasteiger partial charge >= 0.3 is 5.97 Å². The van der Waals surface area contributed by atoms with Gasteiger partial charge in [0.2, 0.25) is 5.88 Å². The Kier molecular flexibility index (Phi) is 3.05. The summed E-state index contributed by atoms with van der Waals surface area (Å²) in [5, 5.41) is 11.1. The van der Waals surface area contributed by atoms with Crippen LogP contribution < -0.4 is 4.74 Å². The number of carboxylic acid groups (broad SMARTS) is 1. The van der Waals surface area contributed by atoms with Gasteiger partial charge in [0.1, 0.15) is 11.3 Å². The molecule has 2 aromatic carbocycles. The van der Waals surface area contributed by atoms with E-state index >= 15 is 0 Å². The molecule has 0 atom stereocenters. The number of carboxylic acids is 1. The molecule has 1 heterocycles. The Morgan fingerprint density at radius 2 is 1.70 bits per heavy atom. The molecule has 0 fully saturated rings. The fourth-order valence-electron chi connectivity index (χ4n) is 1.99. The molecule has 0 spiro atoms. The highest BCUT2D eigenvalue weighted by molar-refractivity contribution is 5.97. The van der Waals surface area contributed by atoms with Crippen LogP contribution in [-0.2, 0) is 0 Å². The maximum atomic E-state index is 11.4. The number of benzene rings is 2. The molecule has 0 unspecified atom stereocenters. The molecule has 3 aromatic rings. The molecule has 20 heavy (non-hydrogen) atoms. The average molecular weight is 265 g/mol. The zero-order valence-electron chi connectivity index (χ0n) is 10.5. The topological polar surface area (TPSA) is 59.4 Å². The van der Waals surface area contributed by atoms with Crippen LogP contribution in [0.2, 0.25) is 0 Å². The van der Waals surface area contributed by atoms with Crippen molar-refractivity contribution in [2.75, 3.05) is 0 Å². The number of aromatic nitrogens is 1. The lowest BCUT2D eigenvalue weighted by molar-refractivity contribution is 0.0694. The number of carbonyl (C=O) groups is 1. The van der Waals surface area contributed by atoms with Crippen molar-refractivity contribution in [1.29, 1.82) is 0 Å². The van der Waals surface area contributed by atoms with Gasteiger partial charge in [0, 0.05) is 12.3 Å². The number of rotatable bonds is 3. The summed E-state index contributed by atoms with van der Waals surface area (Å²) in [6, 6.07) is 16.1. The van der Waals surface area contributed by atoms with Crippen LogP contribution >= 0.6 is 0 Å². The summed E-state index contributed by atoms with van der Waals surface area (Å²) < 4.78 is 5.59. The number of fused-ring (bicyclic) bond motifs is 1. The fourth-order valence-corrected chi connectivity index (χ4v) is 1.99. The van der Waals surface area contributed by atoms with Crippen LogP contribution in [0.25, 0.3) is 10.8 Å². The molecular weight excluding hydrogens is 254 g/mol. The Labute approximate surface area is 115 Å². The average Bonchev–Trinajstić information content (AvgIpc) is 2.47. The quantitative estimate of drug-likeness (QED) is 0.784. The van der Waals surface area contributed by atoms with Crippen LogP contribution in [0.3, 0.4) is 0 Å². The summed E-state index contributed by atoms with van der Waals surface area (Å²) in [5.41, 5.74) is 0.120. The maximum Gasteiger partial charge on any atom is 0.339 e. The van der Waals surface area contributed by atoms with E-state index in [0.717, 1.165) is 10.8 Å². The van der Waals surface area contributed by atoms with Gasteiger partial charge in [-0.2, -0.15) is 0 Å². The number of hydrogen-bond acceptors (Lipinski definition) is 3. The normalized spacial score (nSPS) is 10.4. The first-order valence-corrected chi connectivity index (χ1v) is 6.09. The zero-order valence-corrected chi connectivity index (χ0v) is 10.5. The molecular formula is C16H11NO3. The van der Waals surface area contributed by atoms with E-state index in [2.05, 4.69) is 4.98 Å². The third-order valence-corrected chi connectivity index (χ3v) is 2.93. The first-order valence-electron chi connectivity index (χ1n) is 6.09. The van der Waals surface area contributed by atoms with Crippen molar-refractivity contribution >= 4 is 16.7 Å². The van der Waals surface area contributed by atoms with Gasteiger partial charge in [-0.3, -0.25) is 0 Å². The van der Waals surface area contributed by atoms with Gasteiger partial charge < -0.3 is 9.84 Å². The lowest BCUT2D eigenvalue weighted by Gasteiger charge is -2.09. The number of aromatic carboxylic acids is 1. The summed E-state index contributed by atoms with van der Waals surface area (Å²) in [5.74, 6) is -0.373. The van der Waals surface area contributed by atoms with Gasteiger partial charge in [0.05, 0.1) is 0 Å². The molecule has 0 saturated carbocycles. The van der Waals surface area contributed by atoms with E-state index in [0.29, 0.717) is 5.88 Å². The van der Waals surface area contributed by atoms with Crippen LogP contribution in [0.15, 0.2) is 60.8 Å². The minimum absolute atomic E-state index is 0.120. The van der Waals surface area contributed by atoms with E-state index in [9.17, 15) is 9.90 Å². The number of ether oxygens (including phenoxy) is 1. The number of pyridine rings is 1. The standard InChI is InChI=1S/C16H11NO3/c18-16(19)13-9-11-5-1-2-6-12(11)10-14(13)20-15-7-3-4-8-17-15/h1-10H,(H,18,19). The molecule has 4 heteroatoms. The molecule has 0 aliphatic carbocycles. The van der Waals surface area contributed by atoms with Crippen molar-refractivity contribution in [3.05, 3.63) is 66.4 Å². The van der Waals surface area contributed by atoms with Gasteiger partial charge in [-0.1, -0.05) is 30.3 Å². The highest BCUT2D eigenvalue weighted by atomic mass is 16.5. The Morgan fingerprint density at radius 3 is 2.35 bits per heavy atom. The van der Waals surface area contributed by atoms with Crippen LogP contribution in [-0.4, -0.2) is 16.1 Å². The van der Waals surface area contributed by atoms with Gasteiger partial charge in [0.15, 0.2) is 0 Å². The largest absolute Gasteiger partial charge is 0.478 e. The SMILES string of the molecule is O=C(O)c1cc2ccccc2cc1Oc1ccccn1. The third kappa shape index (κ3) is 2.31. The monoisotopic (exact) mass is 265 g/mol. The van der Waals surface area contributed by atoms with E-state index in [1.807, 2.05) is 24.3 Å². The lowest BCUT2D eigenvalue weighted by Crippen LogP contribution is -2.00. The Hall–Kier alpha value is -2.88. The van der Waals surface area contributed by atoms with Gasteiger partial charge in [0.25, 0.3) is 0 Å². The molecule has 98 valence electrons. The second kappa shape index (κ2) is 5.01. The van der Waals surface area contributed by atoms with Crippen molar-refractivity contribution in [3.63, 3.8) is 0 Å². The van der Waals surface area contributed by atoms with Crippen LogP contribution in [0.4, 0.5) is 0 Å². The molecule has 4 nitrogen and oxygen atoms in total. The molecule has 0 saturated heterocycles. The highest BCUT2D eigenvalue weighted by Gasteiger charge is 2.14. The second-order valence-corrected chi connectivity index (χ2v) is 4.27. The van der Waals surface area contributed by atoms with Crippen LogP contribution in [0, 0.1) is 0 Å². The van der Waals surface area contributed by atoms with E-state index in [1.165, 1.54) is 0 Å². The van der Waals surface area contributed by atoms with Crippen LogP contribution in [0.5, 0.6) is 11.6 Å². The number of nitrogens with zero attached hydrogens (tertiary/aromatic N) is 1.